The van der Waals surface area contributed by atoms with Crippen molar-refractivity contribution in [3.8, 4) is 11.4 Å². The minimum atomic E-state index is -3.37. The number of rotatable bonds is 10. The summed E-state index contributed by atoms with van der Waals surface area (Å²) in [6.45, 7) is 0.680. The van der Waals surface area contributed by atoms with Gasteiger partial charge in [0.15, 0.2) is 11.0 Å². The third kappa shape index (κ3) is 6.26. The van der Waals surface area contributed by atoms with Crippen LogP contribution in [0, 0.1) is 0 Å². The Morgan fingerprint density at radius 3 is 2.36 bits per heavy atom. The lowest BCUT2D eigenvalue weighted by molar-refractivity contribution is -0.118. The number of hydrogen-bond acceptors (Lipinski definition) is 8. The van der Waals surface area contributed by atoms with Crippen LogP contribution in [0.2, 0.25) is 0 Å². The maximum Gasteiger partial charge on any atom is 0.230 e. The molecule has 12 heteroatoms. The third-order valence-corrected chi connectivity index (χ3v) is 6.00. The van der Waals surface area contributed by atoms with Gasteiger partial charge in [0, 0.05) is 11.3 Å². The second-order valence-corrected chi connectivity index (χ2v) is 9.76. The summed E-state index contributed by atoms with van der Waals surface area (Å²) in [6.07, 6.45) is 4.23. The number of benzene rings is 1. The Labute approximate surface area is 194 Å². The number of furan rings is 2. The number of anilines is 1. The fourth-order valence-electron chi connectivity index (χ4n) is 2.99. The highest BCUT2D eigenvalue weighted by atomic mass is 32.2. The van der Waals surface area contributed by atoms with Crippen LogP contribution in [0.5, 0.6) is 0 Å². The number of sulfonamides is 1. The summed E-state index contributed by atoms with van der Waals surface area (Å²) in [4.78, 5) is 12.3. The van der Waals surface area contributed by atoms with E-state index in [2.05, 4.69) is 20.2 Å². The van der Waals surface area contributed by atoms with Crippen molar-refractivity contribution >= 4 is 33.4 Å². The number of nitrogens with zero attached hydrogens (tertiary/aromatic N) is 3. The summed E-state index contributed by atoms with van der Waals surface area (Å²) in [7, 11) is -3.37. The Morgan fingerprint density at radius 1 is 1.03 bits per heavy atom. The number of thioether (sulfide) groups is 1. The predicted octanol–water partition coefficient (Wildman–Crippen LogP) is 2.96. The Kier molecular flexibility index (Phi) is 6.84. The molecule has 0 spiro atoms. The van der Waals surface area contributed by atoms with E-state index in [-0.39, 0.29) is 11.7 Å². The molecule has 1 aromatic carbocycles. The van der Waals surface area contributed by atoms with Crippen molar-refractivity contribution in [1.82, 2.24) is 20.1 Å². The van der Waals surface area contributed by atoms with Gasteiger partial charge in [-0.2, -0.15) is 0 Å². The summed E-state index contributed by atoms with van der Waals surface area (Å²) in [5.41, 5.74) is 1.18. The molecule has 3 aromatic heterocycles. The minimum Gasteiger partial charge on any atom is -0.467 e. The summed E-state index contributed by atoms with van der Waals surface area (Å²) >= 11 is 1.25. The van der Waals surface area contributed by atoms with Crippen molar-refractivity contribution in [3.63, 3.8) is 0 Å². The zero-order chi connectivity index (χ0) is 23.3. The van der Waals surface area contributed by atoms with E-state index in [0.29, 0.717) is 41.3 Å². The highest BCUT2D eigenvalue weighted by Gasteiger charge is 2.17. The van der Waals surface area contributed by atoms with Gasteiger partial charge in [0.1, 0.15) is 11.5 Å². The smallest absolute Gasteiger partial charge is 0.230 e. The lowest BCUT2D eigenvalue weighted by Gasteiger charge is -2.10. The zero-order valence-corrected chi connectivity index (χ0v) is 19.2. The molecule has 0 aliphatic carbocycles. The van der Waals surface area contributed by atoms with E-state index in [1.165, 1.54) is 11.8 Å². The van der Waals surface area contributed by atoms with Crippen molar-refractivity contribution < 1.29 is 22.0 Å². The monoisotopic (exact) mass is 487 g/mol. The quantitative estimate of drug-likeness (QED) is 0.326. The van der Waals surface area contributed by atoms with Crippen LogP contribution in [-0.2, 0) is 27.9 Å². The van der Waals surface area contributed by atoms with E-state index < -0.39 is 10.0 Å². The minimum absolute atomic E-state index is 0.147. The van der Waals surface area contributed by atoms with Crippen molar-refractivity contribution in [2.45, 2.75) is 18.2 Å². The van der Waals surface area contributed by atoms with Crippen LogP contribution in [-0.4, -0.2) is 41.1 Å². The van der Waals surface area contributed by atoms with E-state index >= 15 is 0 Å². The first kappa shape index (κ1) is 22.7. The van der Waals surface area contributed by atoms with Crippen molar-refractivity contribution in [2.75, 3.05) is 16.7 Å². The number of carbonyl (C=O) groups is 1. The van der Waals surface area contributed by atoms with E-state index in [1.54, 1.807) is 55.0 Å². The molecule has 0 saturated carbocycles. The molecule has 0 aliphatic heterocycles. The largest absolute Gasteiger partial charge is 0.467 e. The molecule has 0 unspecified atom stereocenters. The van der Waals surface area contributed by atoms with Gasteiger partial charge in [-0.3, -0.25) is 14.1 Å². The Morgan fingerprint density at radius 2 is 1.73 bits per heavy atom. The van der Waals surface area contributed by atoms with Crippen LogP contribution >= 0.6 is 11.8 Å². The molecule has 10 nitrogen and oxygen atoms in total. The zero-order valence-electron chi connectivity index (χ0n) is 17.6. The number of hydrogen-bond donors (Lipinski definition) is 2. The Hall–Kier alpha value is -3.51. The van der Waals surface area contributed by atoms with Gasteiger partial charge in [-0.15, -0.1) is 10.2 Å². The average Bonchev–Trinajstić information content (AvgIpc) is 3.54. The topological polar surface area (TPSA) is 132 Å². The molecule has 3 heterocycles. The summed E-state index contributed by atoms with van der Waals surface area (Å²) < 4.78 is 37.9. The number of aromatic nitrogens is 3. The Bertz CT molecular complexity index is 1300. The van der Waals surface area contributed by atoms with Crippen LogP contribution in [0.3, 0.4) is 0 Å². The molecule has 4 rings (SSSR count). The van der Waals surface area contributed by atoms with Gasteiger partial charge < -0.3 is 14.2 Å². The first-order valence-electron chi connectivity index (χ1n) is 9.83. The fraction of sp³-hybridized carbons (Fsp3) is 0.190. The number of nitrogens with one attached hydrogen (secondary N) is 2. The van der Waals surface area contributed by atoms with Crippen LogP contribution in [0.15, 0.2) is 75.0 Å². The number of carbonyl (C=O) groups excluding carboxylic acids is 1. The molecular weight excluding hydrogens is 466 g/mol. The third-order valence-electron chi connectivity index (χ3n) is 4.43. The van der Waals surface area contributed by atoms with Gasteiger partial charge in [0.05, 0.1) is 37.6 Å². The van der Waals surface area contributed by atoms with Gasteiger partial charge in [-0.05, 0) is 48.5 Å². The highest BCUT2D eigenvalue weighted by molar-refractivity contribution is 7.99. The molecular formula is C21H21N5O5S2. The van der Waals surface area contributed by atoms with E-state index in [9.17, 15) is 13.2 Å². The average molecular weight is 488 g/mol. The normalized spacial score (nSPS) is 11.4. The van der Waals surface area contributed by atoms with Crippen LogP contribution in [0.25, 0.3) is 11.4 Å². The summed E-state index contributed by atoms with van der Waals surface area (Å²) in [5.74, 6) is 1.92. The van der Waals surface area contributed by atoms with Gasteiger partial charge in [-0.25, -0.2) is 8.42 Å². The highest BCUT2D eigenvalue weighted by Crippen LogP contribution is 2.26. The van der Waals surface area contributed by atoms with Crippen LogP contribution < -0.4 is 10.0 Å². The Balaban J connectivity index is 1.50. The van der Waals surface area contributed by atoms with Crippen molar-refractivity contribution in [1.29, 1.82) is 0 Å². The lowest BCUT2D eigenvalue weighted by atomic mass is 10.2. The second-order valence-electron chi connectivity index (χ2n) is 7.07. The van der Waals surface area contributed by atoms with E-state index in [0.717, 1.165) is 11.8 Å². The van der Waals surface area contributed by atoms with Gasteiger partial charge in [-0.1, -0.05) is 11.8 Å². The number of amides is 1. The second kappa shape index (κ2) is 9.96. The standard InChI is InChI=1S/C21H21N5O5S2/c1-33(28,29)25-16-8-6-15(7-9-16)20-23-24-21(26(20)13-18-5-3-11-31-18)32-14-19(27)22-12-17-4-2-10-30-17/h2-11,25H,12-14H2,1H3,(H,22,27). The van der Waals surface area contributed by atoms with E-state index in [1.807, 2.05) is 10.6 Å². The molecule has 0 saturated heterocycles. The molecule has 0 radical (unpaired) electrons. The molecule has 4 aromatic rings. The molecule has 1 amide bonds. The van der Waals surface area contributed by atoms with Gasteiger partial charge >= 0.3 is 0 Å². The molecule has 33 heavy (non-hydrogen) atoms. The predicted molar refractivity (Wildman–Crippen MR) is 123 cm³/mol. The molecule has 0 atom stereocenters. The molecule has 2 N–H and O–H groups in total. The lowest BCUT2D eigenvalue weighted by Crippen LogP contribution is -2.24. The summed E-state index contributed by atoms with van der Waals surface area (Å²) in [5, 5.41) is 11.9. The molecule has 0 aliphatic rings. The first-order valence-corrected chi connectivity index (χ1v) is 12.7. The maximum atomic E-state index is 12.3. The fourth-order valence-corrected chi connectivity index (χ4v) is 4.32. The molecule has 0 fully saturated rings. The summed E-state index contributed by atoms with van der Waals surface area (Å²) in [6, 6.07) is 14.0. The van der Waals surface area contributed by atoms with Crippen molar-refractivity contribution in [2.24, 2.45) is 0 Å². The SMILES string of the molecule is CS(=O)(=O)Nc1ccc(-c2nnc(SCC(=O)NCc3ccco3)n2Cc2ccco2)cc1. The van der Waals surface area contributed by atoms with E-state index in [4.69, 9.17) is 8.83 Å². The van der Waals surface area contributed by atoms with Gasteiger partial charge in [0.25, 0.3) is 0 Å². The van der Waals surface area contributed by atoms with Crippen LogP contribution in [0.4, 0.5) is 5.69 Å². The molecule has 0 bridgehead atoms. The van der Waals surface area contributed by atoms with Crippen LogP contribution in [0.1, 0.15) is 11.5 Å². The van der Waals surface area contributed by atoms with Gasteiger partial charge in [0.2, 0.25) is 15.9 Å². The van der Waals surface area contributed by atoms with Crippen molar-refractivity contribution in [3.05, 3.63) is 72.6 Å². The molecule has 172 valence electrons. The first-order chi connectivity index (χ1) is 15.9. The maximum absolute atomic E-state index is 12.3.